The van der Waals surface area contributed by atoms with Crippen LogP contribution in [0, 0.1) is 0 Å². The fourth-order valence-corrected chi connectivity index (χ4v) is 1.36. The fourth-order valence-electron chi connectivity index (χ4n) is 1.36. The van der Waals surface area contributed by atoms with E-state index in [2.05, 4.69) is 6.92 Å². The highest BCUT2D eigenvalue weighted by Crippen LogP contribution is 2.24. The van der Waals surface area contributed by atoms with Crippen LogP contribution >= 0.6 is 0 Å². The lowest BCUT2D eigenvalue weighted by atomic mass is 9.84. The van der Waals surface area contributed by atoms with Crippen LogP contribution in [0.15, 0.2) is 0 Å². The van der Waals surface area contributed by atoms with Gasteiger partial charge >= 0.3 is 0 Å². The average molecular weight is 143 g/mol. The zero-order valence-corrected chi connectivity index (χ0v) is 7.61. The Bertz CT molecular complexity index is 68.8. The molecule has 0 bridgehead atoms. The monoisotopic (exact) mass is 143 g/mol. The first-order valence-electron chi connectivity index (χ1n) is 4.50. The fraction of sp³-hybridized carbons (Fsp3) is 1.00. The van der Waals surface area contributed by atoms with Gasteiger partial charge in [0.2, 0.25) is 0 Å². The number of hydrogen-bond donors (Lipinski definition) is 1. The van der Waals surface area contributed by atoms with Crippen LogP contribution in [-0.4, -0.2) is 5.54 Å². The summed E-state index contributed by atoms with van der Waals surface area (Å²) in [6.07, 6.45) is 6.53. The molecule has 0 aliphatic heterocycles. The van der Waals surface area contributed by atoms with E-state index in [1.807, 2.05) is 13.8 Å². The SMILES string of the molecule is CC.CC1(N)CCCCC1. The standard InChI is InChI=1S/C7H15N.C2H6/c1-7(8)5-3-2-4-6-7;1-2/h2-6,8H2,1H3;1-2H3. The normalized spacial score (nSPS) is 22.8. The molecule has 10 heavy (non-hydrogen) atoms. The van der Waals surface area contributed by atoms with Crippen LogP contribution in [0.1, 0.15) is 52.9 Å². The Morgan fingerprint density at radius 3 is 1.60 bits per heavy atom. The maximum atomic E-state index is 5.88. The quantitative estimate of drug-likeness (QED) is 0.554. The van der Waals surface area contributed by atoms with E-state index in [9.17, 15) is 0 Å². The molecule has 1 saturated carbocycles. The van der Waals surface area contributed by atoms with E-state index >= 15 is 0 Å². The molecule has 0 radical (unpaired) electrons. The van der Waals surface area contributed by atoms with Gasteiger partial charge in [-0.2, -0.15) is 0 Å². The molecule has 62 valence electrons. The molecule has 0 aromatic carbocycles. The van der Waals surface area contributed by atoms with Crippen LogP contribution in [0.2, 0.25) is 0 Å². The minimum absolute atomic E-state index is 0.179. The van der Waals surface area contributed by atoms with Crippen molar-refractivity contribution >= 4 is 0 Å². The summed E-state index contributed by atoms with van der Waals surface area (Å²) in [5, 5.41) is 0. The van der Waals surface area contributed by atoms with Crippen LogP contribution in [0.5, 0.6) is 0 Å². The minimum Gasteiger partial charge on any atom is -0.325 e. The van der Waals surface area contributed by atoms with Gasteiger partial charge in [-0.25, -0.2) is 0 Å². The van der Waals surface area contributed by atoms with Crippen molar-refractivity contribution in [3.05, 3.63) is 0 Å². The molecule has 1 rings (SSSR count). The van der Waals surface area contributed by atoms with E-state index in [4.69, 9.17) is 5.73 Å². The molecule has 1 heteroatoms. The van der Waals surface area contributed by atoms with Crippen molar-refractivity contribution in [2.75, 3.05) is 0 Å². The molecular weight excluding hydrogens is 122 g/mol. The summed E-state index contributed by atoms with van der Waals surface area (Å²) in [5.74, 6) is 0. The highest BCUT2D eigenvalue weighted by Gasteiger charge is 2.20. The first-order chi connectivity index (χ1) is 4.71. The highest BCUT2D eigenvalue weighted by atomic mass is 14.7. The number of nitrogens with two attached hydrogens (primary N) is 1. The summed E-state index contributed by atoms with van der Waals surface area (Å²) >= 11 is 0. The van der Waals surface area contributed by atoms with Gasteiger partial charge in [0.05, 0.1) is 0 Å². The van der Waals surface area contributed by atoms with Crippen molar-refractivity contribution < 1.29 is 0 Å². The molecule has 0 saturated heterocycles. The Kier molecular flexibility index (Phi) is 4.71. The third kappa shape index (κ3) is 3.89. The zero-order chi connectivity index (χ0) is 8.04. The summed E-state index contributed by atoms with van der Waals surface area (Å²) in [7, 11) is 0. The molecular formula is C9H21N. The van der Waals surface area contributed by atoms with Gasteiger partial charge in [0, 0.05) is 5.54 Å². The van der Waals surface area contributed by atoms with Gasteiger partial charge in [-0.3, -0.25) is 0 Å². The molecule has 0 atom stereocenters. The molecule has 1 fully saturated rings. The topological polar surface area (TPSA) is 26.0 Å². The van der Waals surface area contributed by atoms with E-state index in [1.165, 1.54) is 32.1 Å². The van der Waals surface area contributed by atoms with E-state index in [0.29, 0.717) is 0 Å². The molecule has 0 aromatic heterocycles. The second-order valence-electron chi connectivity index (χ2n) is 3.21. The summed E-state index contributed by atoms with van der Waals surface area (Å²) in [4.78, 5) is 0. The van der Waals surface area contributed by atoms with Crippen LogP contribution in [-0.2, 0) is 0 Å². The smallest absolute Gasteiger partial charge is 0.0125 e. The van der Waals surface area contributed by atoms with Crippen LogP contribution in [0.3, 0.4) is 0 Å². The lowest BCUT2D eigenvalue weighted by Gasteiger charge is -2.28. The maximum Gasteiger partial charge on any atom is 0.0125 e. The lowest BCUT2D eigenvalue weighted by Crippen LogP contribution is -2.37. The Balaban J connectivity index is 0.000000371. The predicted octanol–water partition coefficient (Wildman–Crippen LogP) is 2.69. The second-order valence-corrected chi connectivity index (χ2v) is 3.21. The Labute approximate surface area is 65.0 Å². The summed E-state index contributed by atoms with van der Waals surface area (Å²) in [6, 6.07) is 0. The Hall–Kier alpha value is -0.0400. The maximum absolute atomic E-state index is 5.88. The van der Waals surface area contributed by atoms with Crippen LogP contribution in [0.25, 0.3) is 0 Å². The lowest BCUT2D eigenvalue weighted by molar-refractivity contribution is 0.322. The average Bonchev–Trinajstić information content (AvgIpc) is 1.92. The Morgan fingerprint density at radius 2 is 1.40 bits per heavy atom. The predicted molar refractivity (Wildman–Crippen MR) is 47.0 cm³/mol. The van der Waals surface area contributed by atoms with E-state index < -0.39 is 0 Å². The number of hydrogen-bond acceptors (Lipinski definition) is 1. The van der Waals surface area contributed by atoms with Gasteiger partial charge in [0.15, 0.2) is 0 Å². The molecule has 1 aliphatic carbocycles. The number of rotatable bonds is 0. The highest BCUT2D eigenvalue weighted by molar-refractivity contribution is 4.81. The van der Waals surface area contributed by atoms with Crippen molar-refractivity contribution in [3.8, 4) is 0 Å². The first-order valence-corrected chi connectivity index (χ1v) is 4.50. The molecule has 0 spiro atoms. The first kappa shape index (κ1) is 9.96. The van der Waals surface area contributed by atoms with Crippen LogP contribution in [0.4, 0.5) is 0 Å². The molecule has 0 unspecified atom stereocenters. The molecule has 0 heterocycles. The molecule has 0 aromatic rings. The van der Waals surface area contributed by atoms with Crippen molar-refractivity contribution in [2.45, 2.75) is 58.4 Å². The van der Waals surface area contributed by atoms with E-state index in [-0.39, 0.29) is 5.54 Å². The molecule has 1 aliphatic rings. The van der Waals surface area contributed by atoms with Crippen LogP contribution < -0.4 is 5.73 Å². The van der Waals surface area contributed by atoms with Crippen molar-refractivity contribution in [1.29, 1.82) is 0 Å². The van der Waals surface area contributed by atoms with E-state index in [0.717, 1.165) is 0 Å². The van der Waals surface area contributed by atoms with Gasteiger partial charge in [-0.05, 0) is 19.8 Å². The zero-order valence-electron chi connectivity index (χ0n) is 7.61. The van der Waals surface area contributed by atoms with Gasteiger partial charge in [-0.15, -0.1) is 0 Å². The van der Waals surface area contributed by atoms with Crippen molar-refractivity contribution in [1.82, 2.24) is 0 Å². The molecule has 0 amide bonds. The van der Waals surface area contributed by atoms with Gasteiger partial charge < -0.3 is 5.73 Å². The van der Waals surface area contributed by atoms with Crippen molar-refractivity contribution in [2.24, 2.45) is 5.73 Å². The third-order valence-corrected chi connectivity index (χ3v) is 2.00. The Morgan fingerprint density at radius 1 is 1.00 bits per heavy atom. The van der Waals surface area contributed by atoms with Gasteiger partial charge in [0.1, 0.15) is 0 Å². The molecule has 2 N–H and O–H groups in total. The minimum atomic E-state index is 0.179. The summed E-state index contributed by atoms with van der Waals surface area (Å²) in [5.41, 5.74) is 6.06. The summed E-state index contributed by atoms with van der Waals surface area (Å²) < 4.78 is 0. The van der Waals surface area contributed by atoms with E-state index in [1.54, 1.807) is 0 Å². The van der Waals surface area contributed by atoms with Gasteiger partial charge in [0.25, 0.3) is 0 Å². The van der Waals surface area contributed by atoms with Crippen molar-refractivity contribution in [3.63, 3.8) is 0 Å². The second kappa shape index (κ2) is 4.73. The largest absolute Gasteiger partial charge is 0.325 e. The summed E-state index contributed by atoms with van der Waals surface area (Å²) in [6.45, 7) is 6.16. The van der Waals surface area contributed by atoms with Gasteiger partial charge in [-0.1, -0.05) is 33.1 Å². The third-order valence-electron chi connectivity index (χ3n) is 2.00. The molecule has 1 nitrogen and oxygen atoms in total.